The molecule has 2 rings (SSSR count). The SMILES string of the molecule is CC(C)CN1CC2CC1CN2.S.S. The highest BCUT2D eigenvalue weighted by Crippen LogP contribution is 2.23. The Hall–Kier alpha value is 0.620. The number of nitrogens with zero attached hydrogens (tertiary/aromatic N) is 1. The molecule has 0 spiro atoms. The standard InChI is InChI=1S/C9H18N2.2H2S/c1-7(2)5-11-6-8-3-9(11)4-10-8;;/h7-10H,3-6H2,1-2H3;2*1H2. The first kappa shape index (κ1) is 13.6. The molecule has 2 bridgehead atoms. The van der Waals surface area contributed by atoms with E-state index in [-0.39, 0.29) is 27.0 Å². The highest BCUT2D eigenvalue weighted by molar-refractivity contribution is 7.59. The summed E-state index contributed by atoms with van der Waals surface area (Å²) in [5.41, 5.74) is 0. The maximum atomic E-state index is 3.52. The van der Waals surface area contributed by atoms with E-state index in [2.05, 4.69) is 24.1 Å². The molecule has 2 fully saturated rings. The molecule has 0 aromatic carbocycles. The molecule has 0 radical (unpaired) electrons. The van der Waals surface area contributed by atoms with Crippen molar-refractivity contribution in [1.82, 2.24) is 10.2 Å². The van der Waals surface area contributed by atoms with Gasteiger partial charge in [0.15, 0.2) is 0 Å². The van der Waals surface area contributed by atoms with E-state index in [1.165, 1.54) is 26.1 Å². The van der Waals surface area contributed by atoms with Crippen LogP contribution in [-0.2, 0) is 0 Å². The molecule has 0 saturated carbocycles. The summed E-state index contributed by atoms with van der Waals surface area (Å²) in [5.74, 6) is 0.828. The summed E-state index contributed by atoms with van der Waals surface area (Å²) < 4.78 is 0. The molecule has 0 amide bonds. The van der Waals surface area contributed by atoms with E-state index < -0.39 is 0 Å². The number of nitrogens with one attached hydrogen (secondary N) is 1. The van der Waals surface area contributed by atoms with Gasteiger partial charge in [-0.2, -0.15) is 27.0 Å². The summed E-state index contributed by atoms with van der Waals surface area (Å²) in [7, 11) is 0. The van der Waals surface area contributed by atoms with Gasteiger partial charge in [0.05, 0.1) is 0 Å². The maximum absolute atomic E-state index is 3.52. The van der Waals surface area contributed by atoms with Crippen LogP contribution in [0.2, 0.25) is 0 Å². The molecule has 2 saturated heterocycles. The Morgan fingerprint density at radius 3 is 2.46 bits per heavy atom. The lowest BCUT2D eigenvalue weighted by Gasteiger charge is -2.28. The zero-order chi connectivity index (χ0) is 7.84. The van der Waals surface area contributed by atoms with Gasteiger partial charge in [0, 0.05) is 31.7 Å². The van der Waals surface area contributed by atoms with Gasteiger partial charge in [-0.25, -0.2) is 0 Å². The lowest BCUT2D eigenvalue weighted by molar-refractivity contribution is 0.203. The monoisotopic (exact) mass is 222 g/mol. The van der Waals surface area contributed by atoms with Crippen LogP contribution in [0.25, 0.3) is 0 Å². The van der Waals surface area contributed by atoms with E-state index in [1.54, 1.807) is 0 Å². The minimum Gasteiger partial charge on any atom is -0.311 e. The van der Waals surface area contributed by atoms with Gasteiger partial charge in [-0.3, -0.25) is 4.90 Å². The number of hydrogen-bond donors (Lipinski definition) is 1. The molecule has 0 aromatic heterocycles. The third-order valence-electron chi connectivity index (χ3n) is 2.77. The molecule has 0 aliphatic carbocycles. The minimum atomic E-state index is 0. The average Bonchev–Trinajstić information content (AvgIpc) is 2.45. The van der Waals surface area contributed by atoms with Crippen molar-refractivity contribution in [3.8, 4) is 0 Å². The number of fused-ring (bicyclic) bond motifs is 2. The van der Waals surface area contributed by atoms with E-state index in [1.807, 2.05) is 0 Å². The Balaban J connectivity index is 0.000000720. The molecular formula is C9H22N2S2. The van der Waals surface area contributed by atoms with Crippen LogP contribution in [0, 0.1) is 5.92 Å². The third-order valence-corrected chi connectivity index (χ3v) is 2.77. The van der Waals surface area contributed by atoms with Gasteiger partial charge < -0.3 is 5.32 Å². The molecule has 80 valence electrons. The highest BCUT2D eigenvalue weighted by Gasteiger charge is 2.37. The molecule has 2 atom stereocenters. The van der Waals surface area contributed by atoms with Crippen LogP contribution in [0.3, 0.4) is 0 Å². The van der Waals surface area contributed by atoms with Crippen molar-refractivity contribution >= 4 is 27.0 Å². The van der Waals surface area contributed by atoms with E-state index in [0.717, 1.165) is 18.0 Å². The third kappa shape index (κ3) is 3.05. The summed E-state index contributed by atoms with van der Waals surface area (Å²) in [6.45, 7) is 8.43. The van der Waals surface area contributed by atoms with Crippen molar-refractivity contribution in [2.75, 3.05) is 19.6 Å². The van der Waals surface area contributed by atoms with Crippen LogP contribution in [0.4, 0.5) is 0 Å². The Morgan fingerprint density at radius 1 is 1.38 bits per heavy atom. The second-order valence-corrected chi connectivity index (χ2v) is 4.34. The van der Waals surface area contributed by atoms with Crippen molar-refractivity contribution in [2.24, 2.45) is 5.92 Å². The largest absolute Gasteiger partial charge is 0.311 e. The number of piperazine rings is 1. The lowest BCUT2D eigenvalue weighted by atomic mass is 10.2. The Kier molecular flexibility index (Phi) is 5.75. The van der Waals surface area contributed by atoms with Gasteiger partial charge in [0.2, 0.25) is 0 Å². The van der Waals surface area contributed by atoms with Crippen molar-refractivity contribution < 1.29 is 0 Å². The van der Waals surface area contributed by atoms with Crippen molar-refractivity contribution in [2.45, 2.75) is 32.4 Å². The molecule has 2 heterocycles. The van der Waals surface area contributed by atoms with Crippen LogP contribution >= 0.6 is 27.0 Å². The van der Waals surface area contributed by atoms with E-state index in [0.29, 0.717) is 0 Å². The van der Waals surface area contributed by atoms with E-state index >= 15 is 0 Å². The van der Waals surface area contributed by atoms with Crippen LogP contribution in [0.1, 0.15) is 20.3 Å². The summed E-state index contributed by atoms with van der Waals surface area (Å²) in [5, 5.41) is 3.52. The van der Waals surface area contributed by atoms with Gasteiger partial charge in [0.1, 0.15) is 0 Å². The van der Waals surface area contributed by atoms with Crippen molar-refractivity contribution in [3.05, 3.63) is 0 Å². The number of hydrogen-bond acceptors (Lipinski definition) is 2. The second kappa shape index (κ2) is 5.49. The molecule has 0 aromatic rings. The van der Waals surface area contributed by atoms with Gasteiger partial charge in [-0.15, -0.1) is 0 Å². The van der Waals surface area contributed by atoms with Gasteiger partial charge in [-0.05, 0) is 12.3 Å². The molecular weight excluding hydrogens is 200 g/mol. The summed E-state index contributed by atoms with van der Waals surface area (Å²) in [4.78, 5) is 2.64. The lowest BCUT2D eigenvalue weighted by Crippen LogP contribution is -2.44. The van der Waals surface area contributed by atoms with Gasteiger partial charge in [-0.1, -0.05) is 13.8 Å². The summed E-state index contributed by atoms with van der Waals surface area (Å²) >= 11 is 0. The predicted octanol–water partition coefficient (Wildman–Crippen LogP) is 0.914. The fourth-order valence-electron chi connectivity index (χ4n) is 2.34. The first-order valence-corrected chi connectivity index (χ1v) is 4.73. The smallest absolute Gasteiger partial charge is 0.0236 e. The first-order valence-electron chi connectivity index (χ1n) is 4.73. The minimum absolute atomic E-state index is 0. The Bertz CT molecular complexity index is 153. The molecule has 2 aliphatic rings. The second-order valence-electron chi connectivity index (χ2n) is 4.34. The van der Waals surface area contributed by atoms with Gasteiger partial charge >= 0.3 is 0 Å². The first-order chi connectivity index (χ1) is 5.25. The summed E-state index contributed by atoms with van der Waals surface area (Å²) in [6.07, 6.45) is 1.40. The van der Waals surface area contributed by atoms with Crippen molar-refractivity contribution in [1.29, 1.82) is 0 Å². The van der Waals surface area contributed by atoms with Crippen LogP contribution in [0.15, 0.2) is 0 Å². The molecule has 2 nitrogen and oxygen atoms in total. The highest BCUT2D eigenvalue weighted by atomic mass is 32.1. The molecule has 1 N–H and O–H groups in total. The molecule has 2 aliphatic heterocycles. The Labute approximate surface area is 95.3 Å². The van der Waals surface area contributed by atoms with Gasteiger partial charge in [0.25, 0.3) is 0 Å². The van der Waals surface area contributed by atoms with Crippen molar-refractivity contribution in [3.63, 3.8) is 0 Å². The number of likely N-dealkylation sites (tertiary alicyclic amines) is 1. The number of rotatable bonds is 2. The average molecular weight is 222 g/mol. The fourth-order valence-corrected chi connectivity index (χ4v) is 2.34. The molecule has 2 unspecified atom stereocenters. The van der Waals surface area contributed by atoms with E-state index in [4.69, 9.17) is 0 Å². The maximum Gasteiger partial charge on any atom is 0.0236 e. The molecule has 13 heavy (non-hydrogen) atoms. The summed E-state index contributed by atoms with van der Waals surface area (Å²) in [6, 6.07) is 1.68. The Morgan fingerprint density at radius 2 is 2.08 bits per heavy atom. The molecule has 4 heteroatoms. The van der Waals surface area contributed by atoms with Crippen LogP contribution in [-0.4, -0.2) is 36.6 Å². The van der Waals surface area contributed by atoms with Crippen LogP contribution < -0.4 is 5.32 Å². The normalized spacial score (nSPS) is 31.6. The zero-order valence-corrected chi connectivity index (χ0v) is 10.5. The zero-order valence-electron chi connectivity index (χ0n) is 8.51. The predicted molar refractivity (Wildman–Crippen MR) is 67.4 cm³/mol. The van der Waals surface area contributed by atoms with Crippen LogP contribution in [0.5, 0.6) is 0 Å². The van der Waals surface area contributed by atoms with E-state index in [9.17, 15) is 0 Å². The fraction of sp³-hybridized carbons (Fsp3) is 1.00. The quantitative estimate of drug-likeness (QED) is 0.747. The topological polar surface area (TPSA) is 15.3 Å².